The molecule has 6 heteroatoms. The van der Waals surface area contributed by atoms with Crippen molar-refractivity contribution in [3.05, 3.63) is 18.0 Å². The van der Waals surface area contributed by atoms with Gasteiger partial charge in [-0.3, -0.25) is 9.58 Å². The van der Waals surface area contributed by atoms with Crippen LogP contribution in [0.2, 0.25) is 0 Å². The number of nitrogens with zero attached hydrogens (tertiary/aromatic N) is 3. The maximum atomic E-state index is 11.3. The van der Waals surface area contributed by atoms with Crippen LogP contribution in [0.1, 0.15) is 49.9 Å². The summed E-state index contributed by atoms with van der Waals surface area (Å²) < 4.78 is 7.36. The van der Waals surface area contributed by atoms with E-state index in [1.165, 1.54) is 4.90 Å². The van der Waals surface area contributed by atoms with Crippen molar-refractivity contribution in [3.63, 3.8) is 0 Å². The van der Waals surface area contributed by atoms with Crippen molar-refractivity contribution in [1.82, 2.24) is 14.7 Å². The molecular formula is C14H21N3O3. The molecule has 0 aliphatic carbocycles. The summed E-state index contributed by atoms with van der Waals surface area (Å²) in [7, 11) is 0. The Kier molecular flexibility index (Phi) is 3.91. The van der Waals surface area contributed by atoms with Crippen molar-refractivity contribution in [2.45, 2.75) is 44.2 Å². The Morgan fingerprint density at radius 1 is 1.30 bits per heavy atom. The van der Waals surface area contributed by atoms with Crippen molar-refractivity contribution in [1.29, 1.82) is 0 Å². The van der Waals surface area contributed by atoms with Crippen LogP contribution in [0.15, 0.2) is 12.3 Å². The maximum Gasteiger partial charge on any atom is 0.407 e. The van der Waals surface area contributed by atoms with Gasteiger partial charge in [-0.15, -0.1) is 0 Å². The van der Waals surface area contributed by atoms with Gasteiger partial charge in [0, 0.05) is 26.0 Å². The number of ether oxygens (including phenoxy) is 1. The Labute approximate surface area is 118 Å². The summed E-state index contributed by atoms with van der Waals surface area (Å²) in [5.74, 6) is 0. The predicted octanol–water partition coefficient (Wildman–Crippen LogP) is 2.44. The zero-order valence-corrected chi connectivity index (χ0v) is 11.6. The van der Waals surface area contributed by atoms with E-state index in [4.69, 9.17) is 4.74 Å². The number of aromatic nitrogens is 2. The van der Waals surface area contributed by atoms with E-state index < -0.39 is 6.09 Å². The van der Waals surface area contributed by atoms with Gasteiger partial charge in [0.15, 0.2) is 0 Å². The Bertz CT molecular complexity index is 468. The lowest BCUT2D eigenvalue weighted by Gasteiger charge is -2.32. The lowest BCUT2D eigenvalue weighted by molar-refractivity contribution is 0.0656. The van der Waals surface area contributed by atoms with E-state index in [0.717, 1.165) is 51.0 Å². The average molecular weight is 279 g/mol. The average Bonchev–Trinajstić information content (AvgIpc) is 2.98. The highest BCUT2D eigenvalue weighted by Crippen LogP contribution is 2.30. The molecule has 3 rings (SSSR count). The first-order valence-electron chi connectivity index (χ1n) is 7.38. The van der Waals surface area contributed by atoms with Crippen molar-refractivity contribution >= 4 is 6.09 Å². The number of carbonyl (C=O) groups is 1. The van der Waals surface area contributed by atoms with E-state index in [0.29, 0.717) is 12.6 Å². The quantitative estimate of drug-likeness (QED) is 0.903. The zero-order valence-electron chi connectivity index (χ0n) is 11.6. The number of carboxylic acid groups (broad SMARTS) is 1. The summed E-state index contributed by atoms with van der Waals surface area (Å²) in [6.07, 6.45) is 6.00. The van der Waals surface area contributed by atoms with Crippen LogP contribution in [0.25, 0.3) is 0 Å². The first-order chi connectivity index (χ1) is 9.75. The minimum absolute atomic E-state index is 0.0812. The normalized spacial score (nSPS) is 24.8. The third-order valence-electron chi connectivity index (χ3n) is 4.28. The van der Waals surface area contributed by atoms with E-state index in [2.05, 4.69) is 5.10 Å². The van der Waals surface area contributed by atoms with Crippen molar-refractivity contribution in [2.75, 3.05) is 19.8 Å². The van der Waals surface area contributed by atoms with Crippen molar-refractivity contribution in [3.8, 4) is 0 Å². The molecule has 1 amide bonds. The molecule has 2 aliphatic heterocycles. The van der Waals surface area contributed by atoms with Crippen LogP contribution in [0.3, 0.4) is 0 Å². The van der Waals surface area contributed by atoms with E-state index in [-0.39, 0.29) is 6.04 Å². The van der Waals surface area contributed by atoms with Crippen LogP contribution in [0.4, 0.5) is 4.79 Å². The second kappa shape index (κ2) is 5.83. The predicted molar refractivity (Wildman–Crippen MR) is 72.6 cm³/mol. The zero-order chi connectivity index (χ0) is 13.9. The summed E-state index contributed by atoms with van der Waals surface area (Å²) >= 11 is 0. The number of hydrogen-bond donors (Lipinski definition) is 1. The van der Waals surface area contributed by atoms with E-state index in [1.807, 2.05) is 16.9 Å². The fraction of sp³-hybridized carbons (Fsp3) is 0.714. The van der Waals surface area contributed by atoms with Crippen molar-refractivity contribution in [2.24, 2.45) is 0 Å². The van der Waals surface area contributed by atoms with Crippen LogP contribution in [0.5, 0.6) is 0 Å². The highest BCUT2D eigenvalue weighted by molar-refractivity contribution is 5.65. The molecule has 0 bridgehead atoms. The summed E-state index contributed by atoms with van der Waals surface area (Å²) in [5.41, 5.74) is 0.888. The van der Waals surface area contributed by atoms with E-state index in [9.17, 15) is 9.90 Å². The molecule has 0 radical (unpaired) electrons. The van der Waals surface area contributed by atoms with E-state index in [1.54, 1.807) is 0 Å². The summed E-state index contributed by atoms with van der Waals surface area (Å²) in [6.45, 7) is 2.18. The van der Waals surface area contributed by atoms with Gasteiger partial charge in [-0.05, 0) is 38.2 Å². The molecule has 110 valence electrons. The standard InChI is InChI=1S/C14H21N3O3/c18-14(19)16-7-2-1-3-13(16)12-4-8-17(15-12)11-5-9-20-10-6-11/h4,8,11,13H,1-3,5-7,9-10H2,(H,18,19). The molecule has 0 aromatic carbocycles. The number of piperidine rings is 1. The Morgan fingerprint density at radius 3 is 2.85 bits per heavy atom. The molecule has 2 aliphatic rings. The highest BCUT2D eigenvalue weighted by Gasteiger charge is 2.29. The van der Waals surface area contributed by atoms with Crippen molar-refractivity contribution < 1.29 is 14.6 Å². The molecule has 20 heavy (non-hydrogen) atoms. The third kappa shape index (κ3) is 2.65. The van der Waals surface area contributed by atoms with Gasteiger partial charge in [0.2, 0.25) is 0 Å². The molecule has 1 unspecified atom stereocenters. The van der Waals surface area contributed by atoms with Crippen LogP contribution in [0, 0.1) is 0 Å². The maximum absolute atomic E-state index is 11.3. The second-order valence-electron chi connectivity index (χ2n) is 5.55. The van der Waals surface area contributed by atoms with Crippen LogP contribution < -0.4 is 0 Å². The van der Waals surface area contributed by atoms with Gasteiger partial charge in [-0.2, -0.15) is 5.10 Å². The molecule has 0 saturated carbocycles. The molecule has 1 aromatic rings. The molecule has 6 nitrogen and oxygen atoms in total. The topological polar surface area (TPSA) is 67.6 Å². The molecule has 1 N–H and O–H groups in total. The number of hydrogen-bond acceptors (Lipinski definition) is 3. The largest absolute Gasteiger partial charge is 0.465 e. The van der Waals surface area contributed by atoms with Gasteiger partial charge in [0.05, 0.1) is 17.8 Å². The lowest BCUT2D eigenvalue weighted by atomic mass is 10.0. The number of likely N-dealkylation sites (tertiary alicyclic amines) is 1. The number of rotatable bonds is 2. The lowest BCUT2D eigenvalue weighted by Crippen LogP contribution is -2.37. The fourth-order valence-corrected chi connectivity index (χ4v) is 3.15. The van der Waals surface area contributed by atoms with Crippen LogP contribution in [-0.4, -0.2) is 45.6 Å². The summed E-state index contributed by atoms with van der Waals surface area (Å²) in [5, 5.41) is 13.9. The fourth-order valence-electron chi connectivity index (χ4n) is 3.15. The molecule has 1 aromatic heterocycles. The minimum Gasteiger partial charge on any atom is -0.465 e. The molecule has 1 atom stereocenters. The highest BCUT2D eigenvalue weighted by atomic mass is 16.5. The number of amides is 1. The molecular weight excluding hydrogens is 258 g/mol. The monoisotopic (exact) mass is 279 g/mol. The third-order valence-corrected chi connectivity index (χ3v) is 4.28. The second-order valence-corrected chi connectivity index (χ2v) is 5.55. The van der Waals surface area contributed by atoms with Gasteiger partial charge in [0.25, 0.3) is 0 Å². The molecule has 3 heterocycles. The minimum atomic E-state index is -0.838. The summed E-state index contributed by atoms with van der Waals surface area (Å²) in [4.78, 5) is 12.8. The first kappa shape index (κ1) is 13.4. The molecule has 2 saturated heterocycles. The summed E-state index contributed by atoms with van der Waals surface area (Å²) in [6, 6.07) is 2.28. The first-order valence-corrected chi connectivity index (χ1v) is 7.38. The Hall–Kier alpha value is -1.56. The van der Waals surface area contributed by atoms with Gasteiger partial charge in [-0.1, -0.05) is 0 Å². The Morgan fingerprint density at radius 2 is 2.10 bits per heavy atom. The van der Waals surface area contributed by atoms with Gasteiger partial charge in [0.1, 0.15) is 0 Å². The molecule has 2 fully saturated rings. The van der Waals surface area contributed by atoms with Gasteiger partial charge < -0.3 is 9.84 Å². The van der Waals surface area contributed by atoms with Crippen LogP contribution >= 0.6 is 0 Å². The SMILES string of the molecule is O=C(O)N1CCCCC1c1ccn(C2CCOCC2)n1. The van der Waals surface area contributed by atoms with E-state index >= 15 is 0 Å². The smallest absolute Gasteiger partial charge is 0.407 e. The van der Waals surface area contributed by atoms with Crippen LogP contribution in [-0.2, 0) is 4.74 Å². The molecule has 0 spiro atoms. The Balaban J connectivity index is 1.76. The van der Waals surface area contributed by atoms with Gasteiger partial charge >= 0.3 is 6.09 Å². The van der Waals surface area contributed by atoms with Gasteiger partial charge in [-0.25, -0.2) is 4.79 Å².